The third-order valence-corrected chi connectivity index (χ3v) is 5.71. The highest BCUT2D eigenvalue weighted by molar-refractivity contribution is 6.11. The van der Waals surface area contributed by atoms with Crippen molar-refractivity contribution >= 4 is 27.4 Å². The first-order valence-corrected chi connectivity index (χ1v) is 10.2. The minimum Gasteiger partial charge on any atom is -0.309 e. The predicted octanol–water partition coefficient (Wildman–Crippen LogP) is 8.04. The van der Waals surface area contributed by atoms with Crippen LogP contribution in [0.5, 0.6) is 0 Å². The SMILES string of the molecule is C=CC=C(C)c1ccc2c(c1)c1cc(-c3ccccc3)ccc1n2-c1ccccc1. The van der Waals surface area contributed by atoms with Crippen LogP contribution in [-0.4, -0.2) is 4.57 Å². The van der Waals surface area contributed by atoms with Gasteiger partial charge in [-0.3, -0.25) is 0 Å². The first-order valence-electron chi connectivity index (χ1n) is 10.2. The molecule has 0 atom stereocenters. The van der Waals surface area contributed by atoms with Crippen LogP contribution in [0.2, 0.25) is 0 Å². The van der Waals surface area contributed by atoms with Crippen LogP contribution in [0.25, 0.3) is 44.2 Å². The van der Waals surface area contributed by atoms with E-state index in [4.69, 9.17) is 0 Å². The Morgan fingerprint density at radius 1 is 0.700 bits per heavy atom. The summed E-state index contributed by atoms with van der Waals surface area (Å²) >= 11 is 0. The first kappa shape index (κ1) is 18.2. The minimum absolute atomic E-state index is 1.18. The molecule has 0 saturated carbocycles. The number of allylic oxidation sites excluding steroid dienone is 3. The predicted molar refractivity (Wildman–Crippen MR) is 130 cm³/mol. The van der Waals surface area contributed by atoms with Crippen molar-refractivity contribution in [3.63, 3.8) is 0 Å². The average molecular weight is 386 g/mol. The van der Waals surface area contributed by atoms with Crippen LogP contribution in [0, 0.1) is 0 Å². The summed E-state index contributed by atoms with van der Waals surface area (Å²) in [5.74, 6) is 0. The molecule has 1 heteroatoms. The van der Waals surface area contributed by atoms with E-state index in [1.807, 2.05) is 6.08 Å². The van der Waals surface area contributed by atoms with Gasteiger partial charge in [0.15, 0.2) is 0 Å². The average Bonchev–Trinajstić information content (AvgIpc) is 3.13. The molecule has 4 aromatic carbocycles. The van der Waals surface area contributed by atoms with Gasteiger partial charge in [-0.05, 0) is 65.6 Å². The summed E-state index contributed by atoms with van der Waals surface area (Å²) in [5, 5.41) is 2.53. The maximum Gasteiger partial charge on any atom is 0.0541 e. The van der Waals surface area contributed by atoms with Gasteiger partial charge in [-0.25, -0.2) is 0 Å². The zero-order chi connectivity index (χ0) is 20.5. The highest BCUT2D eigenvalue weighted by atomic mass is 15.0. The Bertz CT molecular complexity index is 1390. The van der Waals surface area contributed by atoms with Crippen molar-refractivity contribution in [2.24, 2.45) is 0 Å². The van der Waals surface area contributed by atoms with Gasteiger partial charge in [0.1, 0.15) is 0 Å². The molecule has 0 amide bonds. The van der Waals surface area contributed by atoms with Crippen molar-refractivity contribution in [3.8, 4) is 16.8 Å². The number of hydrogen-bond donors (Lipinski definition) is 0. The summed E-state index contributed by atoms with van der Waals surface area (Å²) in [5.41, 5.74) is 8.52. The molecule has 5 rings (SSSR count). The van der Waals surface area contributed by atoms with E-state index < -0.39 is 0 Å². The van der Waals surface area contributed by atoms with Crippen LogP contribution in [0.15, 0.2) is 116 Å². The van der Waals surface area contributed by atoms with Crippen LogP contribution >= 0.6 is 0 Å². The second-order valence-corrected chi connectivity index (χ2v) is 7.59. The third-order valence-electron chi connectivity index (χ3n) is 5.71. The summed E-state index contributed by atoms with van der Waals surface area (Å²) in [6, 6.07) is 34.7. The molecule has 0 aliphatic rings. The zero-order valence-corrected chi connectivity index (χ0v) is 17.0. The Morgan fingerprint density at radius 2 is 1.33 bits per heavy atom. The molecule has 0 unspecified atom stereocenters. The fraction of sp³-hybridized carbons (Fsp3) is 0.0345. The number of fused-ring (bicyclic) bond motifs is 3. The molecule has 30 heavy (non-hydrogen) atoms. The normalized spacial score (nSPS) is 11.8. The lowest BCUT2D eigenvalue weighted by Gasteiger charge is -2.08. The molecule has 0 spiro atoms. The van der Waals surface area contributed by atoms with E-state index in [9.17, 15) is 0 Å². The van der Waals surface area contributed by atoms with Gasteiger partial charge in [0.25, 0.3) is 0 Å². The Hall–Kier alpha value is -3.84. The number of hydrogen-bond acceptors (Lipinski definition) is 0. The van der Waals surface area contributed by atoms with E-state index in [2.05, 4.69) is 121 Å². The fourth-order valence-corrected chi connectivity index (χ4v) is 4.21. The quantitative estimate of drug-likeness (QED) is 0.276. The van der Waals surface area contributed by atoms with Gasteiger partial charge < -0.3 is 4.57 Å². The van der Waals surface area contributed by atoms with Crippen LogP contribution in [0.3, 0.4) is 0 Å². The van der Waals surface area contributed by atoms with Crippen molar-refractivity contribution in [2.75, 3.05) is 0 Å². The Balaban J connectivity index is 1.85. The summed E-state index contributed by atoms with van der Waals surface area (Å²) in [4.78, 5) is 0. The molecule has 1 nitrogen and oxygen atoms in total. The summed E-state index contributed by atoms with van der Waals surface area (Å²) in [6.45, 7) is 5.98. The molecule has 144 valence electrons. The topological polar surface area (TPSA) is 4.93 Å². The lowest BCUT2D eigenvalue weighted by molar-refractivity contribution is 1.18. The molecule has 0 bridgehead atoms. The zero-order valence-electron chi connectivity index (χ0n) is 17.0. The lowest BCUT2D eigenvalue weighted by atomic mass is 10.0. The van der Waals surface area contributed by atoms with Gasteiger partial charge in [0.05, 0.1) is 11.0 Å². The smallest absolute Gasteiger partial charge is 0.0541 e. The lowest BCUT2D eigenvalue weighted by Crippen LogP contribution is -1.93. The molecule has 0 N–H and O–H groups in total. The Morgan fingerprint density at radius 3 is 2.03 bits per heavy atom. The second-order valence-electron chi connectivity index (χ2n) is 7.59. The Labute approximate surface area is 177 Å². The molecule has 5 aromatic rings. The molecule has 1 aromatic heterocycles. The van der Waals surface area contributed by atoms with Crippen LogP contribution in [-0.2, 0) is 0 Å². The van der Waals surface area contributed by atoms with E-state index >= 15 is 0 Å². The van der Waals surface area contributed by atoms with Crippen molar-refractivity contribution in [3.05, 3.63) is 121 Å². The van der Waals surface area contributed by atoms with Crippen LogP contribution in [0.1, 0.15) is 12.5 Å². The largest absolute Gasteiger partial charge is 0.309 e. The van der Waals surface area contributed by atoms with Crippen molar-refractivity contribution in [2.45, 2.75) is 6.92 Å². The maximum atomic E-state index is 3.85. The van der Waals surface area contributed by atoms with Crippen molar-refractivity contribution in [1.29, 1.82) is 0 Å². The van der Waals surface area contributed by atoms with Gasteiger partial charge in [-0.1, -0.05) is 79.4 Å². The second kappa shape index (κ2) is 7.53. The van der Waals surface area contributed by atoms with Crippen LogP contribution < -0.4 is 0 Å². The summed E-state index contributed by atoms with van der Waals surface area (Å²) in [7, 11) is 0. The number of rotatable bonds is 4. The number of para-hydroxylation sites is 1. The summed E-state index contributed by atoms with van der Waals surface area (Å²) < 4.78 is 2.36. The molecular formula is C29H23N. The molecule has 0 aliphatic carbocycles. The van der Waals surface area contributed by atoms with Crippen LogP contribution in [0.4, 0.5) is 0 Å². The molecule has 1 heterocycles. The van der Waals surface area contributed by atoms with Gasteiger partial charge in [0, 0.05) is 16.5 Å². The van der Waals surface area contributed by atoms with Gasteiger partial charge in [-0.15, -0.1) is 0 Å². The molecule has 0 radical (unpaired) electrons. The summed E-state index contributed by atoms with van der Waals surface area (Å²) in [6.07, 6.45) is 3.91. The maximum absolute atomic E-state index is 3.85. The van der Waals surface area contributed by atoms with Crippen molar-refractivity contribution < 1.29 is 0 Å². The monoisotopic (exact) mass is 385 g/mol. The number of aromatic nitrogens is 1. The van der Waals surface area contributed by atoms with Gasteiger partial charge in [-0.2, -0.15) is 0 Å². The third kappa shape index (κ3) is 3.05. The van der Waals surface area contributed by atoms with E-state index in [0.29, 0.717) is 0 Å². The van der Waals surface area contributed by atoms with E-state index in [-0.39, 0.29) is 0 Å². The molecule has 0 fully saturated rings. The molecule has 0 aliphatic heterocycles. The van der Waals surface area contributed by atoms with E-state index in [1.165, 1.54) is 49.8 Å². The van der Waals surface area contributed by atoms with Crippen molar-refractivity contribution in [1.82, 2.24) is 4.57 Å². The fourth-order valence-electron chi connectivity index (χ4n) is 4.21. The number of benzene rings is 4. The van der Waals surface area contributed by atoms with E-state index in [0.717, 1.165) is 0 Å². The Kier molecular flexibility index (Phi) is 4.57. The number of nitrogens with zero attached hydrogens (tertiary/aromatic N) is 1. The molecular weight excluding hydrogens is 362 g/mol. The minimum atomic E-state index is 1.18. The van der Waals surface area contributed by atoms with Gasteiger partial charge >= 0.3 is 0 Å². The highest BCUT2D eigenvalue weighted by Gasteiger charge is 2.14. The standard InChI is InChI=1S/C29H23N/c1-3-10-21(2)23-15-17-28-26(19-23)27-20-24(22-11-6-4-7-12-22)16-18-29(27)30(28)25-13-8-5-9-14-25/h3-20H,1H2,2H3. The highest BCUT2D eigenvalue weighted by Crippen LogP contribution is 2.36. The first-order chi connectivity index (χ1) is 14.8. The van der Waals surface area contributed by atoms with Gasteiger partial charge in [0.2, 0.25) is 0 Å². The molecule has 0 saturated heterocycles. The van der Waals surface area contributed by atoms with E-state index in [1.54, 1.807) is 0 Å².